The number of furan rings is 1. The van der Waals surface area contributed by atoms with Crippen LogP contribution in [-0.2, 0) is 0 Å². The van der Waals surface area contributed by atoms with E-state index in [-0.39, 0.29) is 0 Å². The summed E-state index contributed by atoms with van der Waals surface area (Å²) in [7, 11) is 0. The molecule has 0 aliphatic heterocycles. The number of fused-ring (bicyclic) bond motifs is 1. The molecule has 0 bridgehead atoms. The van der Waals surface area contributed by atoms with Gasteiger partial charge in [-0.25, -0.2) is 9.97 Å². The second kappa shape index (κ2) is 5.51. The molecule has 0 fully saturated rings. The van der Waals surface area contributed by atoms with Crippen LogP contribution in [0.2, 0.25) is 0 Å². The molecular formula is C16H12N4O2S. The summed E-state index contributed by atoms with van der Waals surface area (Å²) in [5.74, 6) is 1.18. The molecule has 0 N–H and O–H groups in total. The van der Waals surface area contributed by atoms with E-state index in [1.807, 2.05) is 26.0 Å². The van der Waals surface area contributed by atoms with E-state index in [4.69, 9.17) is 8.83 Å². The highest BCUT2D eigenvalue weighted by Crippen LogP contribution is 2.32. The van der Waals surface area contributed by atoms with E-state index < -0.39 is 0 Å². The van der Waals surface area contributed by atoms with Gasteiger partial charge < -0.3 is 8.83 Å². The van der Waals surface area contributed by atoms with Crippen LogP contribution in [0.15, 0.2) is 55.9 Å². The van der Waals surface area contributed by atoms with E-state index >= 15 is 0 Å². The first-order valence-corrected chi connectivity index (χ1v) is 7.79. The van der Waals surface area contributed by atoms with E-state index in [2.05, 4.69) is 26.2 Å². The number of nitrogens with zero attached hydrogens (tertiary/aromatic N) is 4. The van der Waals surface area contributed by atoms with Gasteiger partial charge in [0.1, 0.15) is 17.1 Å². The fourth-order valence-electron chi connectivity index (χ4n) is 2.28. The number of aryl methyl sites for hydroxylation is 2. The van der Waals surface area contributed by atoms with Gasteiger partial charge in [-0.1, -0.05) is 11.6 Å². The standard InChI is InChI=1S/C16H12N4O2S/c1-9-3-4-13-12(7-9)15(18-8-17-13)23-16-20-19-14(22-16)11-5-6-21-10(11)2/h3-8H,1-2H3. The van der Waals surface area contributed by atoms with E-state index in [1.54, 1.807) is 12.3 Å². The maximum Gasteiger partial charge on any atom is 0.283 e. The van der Waals surface area contributed by atoms with Crippen LogP contribution >= 0.6 is 11.8 Å². The Morgan fingerprint density at radius 1 is 1.04 bits per heavy atom. The van der Waals surface area contributed by atoms with Gasteiger partial charge in [0.2, 0.25) is 0 Å². The average Bonchev–Trinajstić information content (AvgIpc) is 3.16. The molecule has 0 aliphatic carbocycles. The van der Waals surface area contributed by atoms with Crippen molar-refractivity contribution in [1.82, 2.24) is 20.2 Å². The summed E-state index contributed by atoms with van der Waals surface area (Å²) >= 11 is 1.33. The van der Waals surface area contributed by atoms with Crippen molar-refractivity contribution in [1.29, 1.82) is 0 Å². The van der Waals surface area contributed by atoms with Crippen LogP contribution in [0.4, 0.5) is 0 Å². The molecule has 0 radical (unpaired) electrons. The van der Waals surface area contributed by atoms with Crippen LogP contribution in [0.25, 0.3) is 22.4 Å². The van der Waals surface area contributed by atoms with Crippen molar-refractivity contribution in [3.8, 4) is 11.5 Å². The number of aromatic nitrogens is 4. The first kappa shape index (κ1) is 14.0. The minimum atomic E-state index is 0.433. The van der Waals surface area contributed by atoms with Crippen molar-refractivity contribution in [3.05, 3.63) is 48.2 Å². The molecule has 0 saturated carbocycles. The maximum absolute atomic E-state index is 5.71. The molecule has 4 aromatic rings. The van der Waals surface area contributed by atoms with E-state index in [1.165, 1.54) is 18.1 Å². The Morgan fingerprint density at radius 3 is 2.78 bits per heavy atom. The minimum Gasteiger partial charge on any atom is -0.469 e. The Balaban J connectivity index is 1.70. The highest BCUT2D eigenvalue weighted by molar-refractivity contribution is 7.99. The largest absolute Gasteiger partial charge is 0.469 e. The molecule has 0 unspecified atom stereocenters. The number of rotatable bonds is 3. The maximum atomic E-state index is 5.71. The lowest BCUT2D eigenvalue weighted by Crippen LogP contribution is -1.87. The van der Waals surface area contributed by atoms with Gasteiger partial charge in [-0.3, -0.25) is 0 Å². The molecule has 3 heterocycles. The molecule has 0 aliphatic rings. The van der Waals surface area contributed by atoms with Crippen molar-refractivity contribution >= 4 is 22.7 Å². The zero-order valence-electron chi connectivity index (χ0n) is 12.5. The molecule has 1 aromatic carbocycles. The summed E-state index contributed by atoms with van der Waals surface area (Å²) in [4.78, 5) is 8.62. The molecule has 4 rings (SSSR count). The Bertz CT molecular complexity index is 993. The van der Waals surface area contributed by atoms with Gasteiger partial charge in [0.25, 0.3) is 11.1 Å². The fourth-order valence-corrected chi connectivity index (χ4v) is 3.02. The Labute approximate surface area is 136 Å². The van der Waals surface area contributed by atoms with Crippen molar-refractivity contribution in [2.75, 3.05) is 0 Å². The molecular weight excluding hydrogens is 312 g/mol. The monoisotopic (exact) mass is 324 g/mol. The fraction of sp³-hybridized carbons (Fsp3) is 0.125. The average molecular weight is 324 g/mol. The summed E-state index contributed by atoms with van der Waals surface area (Å²) in [6.07, 6.45) is 3.14. The van der Waals surface area contributed by atoms with Crippen molar-refractivity contribution < 1.29 is 8.83 Å². The smallest absolute Gasteiger partial charge is 0.283 e. The second-order valence-electron chi connectivity index (χ2n) is 5.07. The third-order valence-electron chi connectivity index (χ3n) is 3.43. The molecule has 7 heteroatoms. The van der Waals surface area contributed by atoms with Crippen LogP contribution in [0.5, 0.6) is 0 Å². The molecule has 3 aromatic heterocycles. The normalized spacial score (nSPS) is 11.2. The molecule has 6 nitrogen and oxygen atoms in total. The predicted octanol–water partition coefficient (Wildman–Crippen LogP) is 4.04. The molecule has 23 heavy (non-hydrogen) atoms. The van der Waals surface area contributed by atoms with Gasteiger partial charge in [-0.15, -0.1) is 10.2 Å². The lowest BCUT2D eigenvalue weighted by Gasteiger charge is -2.02. The third-order valence-corrected chi connectivity index (χ3v) is 4.29. The quantitative estimate of drug-likeness (QED) is 0.526. The topological polar surface area (TPSA) is 77.8 Å². The van der Waals surface area contributed by atoms with Gasteiger partial charge in [0.05, 0.1) is 17.3 Å². The van der Waals surface area contributed by atoms with Crippen molar-refractivity contribution in [2.45, 2.75) is 24.1 Å². The summed E-state index contributed by atoms with van der Waals surface area (Å²) in [5.41, 5.74) is 2.83. The van der Waals surface area contributed by atoms with Gasteiger partial charge in [-0.05, 0) is 43.8 Å². The van der Waals surface area contributed by atoms with Crippen LogP contribution in [-0.4, -0.2) is 20.2 Å². The first-order valence-electron chi connectivity index (χ1n) is 6.98. The zero-order valence-corrected chi connectivity index (χ0v) is 13.3. The molecule has 0 amide bonds. The predicted molar refractivity (Wildman–Crippen MR) is 85.1 cm³/mol. The van der Waals surface area contributed by atoms with Crippen LogP contribution in [0.1, 0.15) is 11.3 Å². The van der Waals surface area contributed by atoms with Gasteiger partial charge in [-0.2, -0.15) is 0 Å². The molecule has 114 valence electrons. The molecule has 0 atom stereocenters. The summed E-state index contributed by atoms with van der Waals surface area (Å²) in [5, 5.41) is 10.3. The minimum absolute atomic E-state index is 0.433. The number of hydrogen-bond acceptors (Lipinski definition) is 7. The van der Waals surface area contributed by atoms with Crippen LogP contribution < -0.4 is 0 Å². The Morgan fingerprint density at radius 2 is 1.96 bits per heavy atom. The van der Waals surface area contributed by atoms with Gasteiger partial charge >= 0.3 is 0 Å². The third kappa shape index (κ3) is 2.59. The SMILES string of the molecule is Cc1ccc2ncnc(Sc3nnc(-c4ccoc4C)o3)c2c1. The Hall–Kier alpha value is -2.67. The summed E-state index contributed by atoms with van der Waals surface area (Å²) < 4.78 is 11.0. The van der Waals surface area contributed by atoms with Crippen LogP contribution in [0.3, 0.4) is 0 Å². The lowest BCUT2D eigenvalue weighted by molar-refractivity contribution is 0.463. The molecule has 0 spiro atoms. The van der Waals surface area contributed by atoms with E-state index in [9.17, 15) is 0 Å². The Kier molecular flexibility index (Phi) is 3.34. The number of benzene rings is 1. The van der Waals surface area contributed by atoms with Gasteiger partial charge in [0.15, 0.2) is 0 Å². The second-order valence-corrected chi connectivity index (χ2v) is 6.01. The number of hydrogen-bond donors (Lipinski definition) is 0. The van der Waals surface area contributed by atoms with Crippen molar-refractivity contribution in [2.24, 2.45) is 0 Å². The molecule has 0 saturated heterocycles. The zero-order chi connectivity index (χ0) is 15.8. The van der Waals surface area contributed by atoms with E-state index in [0.29, 0.717) is 11.1 Å². The van der Waals surface area contributed by atoms with E-state index in [0.717, 1.165) is 32.8 Å². The summed E-state index contributed by atoms with van der Waals surface area (Å²) in [6, 6.07) is 7.86. The summed E-state index contributed by atoms with van der Waals surface area (Å²) in [6.45, 7) is 3.89. The van der Waals surface area contributed by atoms with Crippen LogP contribution in [0, 0.1) is 13.8 Å². The lowest BCUT2D eigenvalue weighted by atomic mass is 10.2. The first-order chi connectivity index (χ1) is 11.2. The van der Waals surface area contributed by atoms with Gasteiger partial charge in [0, 0.05) is 5.39 Å². The highest BCUT2D eigenvalue weighted by Gasteiger charge is 2.15. The van der Waals surface area contributed by atoms with Crippen molar-refractivity contribution in [3.63, 3.8) is 0 Å². The highest BCUT2D eigenvalue weighted by atomic mass is 32.2.